The van der Waals surface area contributed by atoms with E-state index in [2.05, 4.69) is 14.2 Å². The van der Waals surface area contributed by atoms with Gasteiger partial charge in [-0.05, 0) is 0 Å². The van der Waals surface area contributed by atoms with Crippen LogP contribution >= 0.6 is 34.7 Å². The Morgan fingerprint density at radius 2 is 0.846 bits per heavy atom. The minimum absolute atomic E-state index is 0.888. The zero-order chi connectivity index (χ0) is 10.2. The molecule has 0 heterocycles. The first-order valence-corrected chi connectivity index (χ1v) is 8.62. The predicted molar refractivity (Wildman–Crippen MR) is 40.5 cm³/mol. The standard InChI is InChI=1S/GeO8P4/c2-10-6-1(7-11-3,8-12-4)9-13-5. The Labute approximate surface area is 82.1 Å². The van der Waals surface area contributed by atoms with Gasteiger partial charge in [-0.3, -0.25) is 0 Å². The number of hydrogen-bond donors (Lipinski definition) is 0. The van der Waals surface area contributed by atoms with Gasteiger partial charge < -0.3 is 0 Å². The van der Waals surface area contributed by atoms with Gasteiger partial charge in [-0.15, -0.1) is 0 Å². The molecule has 0 rings (SSSR count). The summed E-state index contributed by atoms with van der Waals surface area (Å²) in [5, 5.41) is 0. The van der Waals surface area contributed by atoms with E-state index in [0.717, 1.165) is 0 Å². The molecule has 0 aromatic heterocycles. The van der Waals surface area contributed by atoms with Crippen LogP contribution in [0.15, 0.2) is 0 Å². The molecule has 0 fully saturated rings. The van der Waals surface area contributed by atoms with Crippen LogP contribution in [0.3, 0.4) is 0 Å². The van der Waals surface area contributed by atoms with Gasteiger partial charge in [-0.2, -0.15) is 0 Å². The molecule has 0 aromatic carbocycles. The van der Waals surface area contributed by atoms with Crippen LogP contribution in [0.25, 0.3) is 0 Å². The second-order valence-electron chi connectivity index (χ2n) is 1.16. The van der Waals surface area contributed by atoms with Gasteiger partial charge in [-0.1, -0.05) is 0 Å². The summed E-state index contributed by atoms with van der Waals surface area (Å²) in [4.78, 5) is 0. The zero-order valence-electron chi connectivity index (χ0n) is 5.55. The molecule has 0 amide bonds. The molecule has 0 bridgehead atoms. The number of rotatable bonds is 8. The molecule has 0 saturated carbocycles. The minimum atomic E-state index is -4.62. The van der Waals surface area contributed by atoms with Crippen molar-refractivity contribution in [3.8, 4) is 0 Å². The molecule has 0 N–H and O–H groups in total. The molecular formula is GeO8P4. The van der Waals surface area contributed by atoms with Gasteiger partial charge in [0.1, 0.15) is 0 Å². The number of hydrogen-bond acceptors (Lipinski definition) is 8. The maximum atomic E-state index is 10.0. The van der Waals surface area contributed by atoms with Gasteiger partial charge in [-0.25, -0.2) is 0 Å². The molecule has 13 heteroatoms. The molecule has 0 unspecified atom stereocenters. The van der Waals surface area contributed by atoms with E-state index >= 15 is 0 Å². The molecule has 0 aliphatic rings. The molecule has 0 radical (unpaired) electrons. The third-order valence-electron chi connectivity index (χ3n) is 0.596. The molecule has 0 atom stereocenters. The molecule has 13 heavy (non-hydrogen) atoms. The van der Waals surface area contributed by atoms with Crippen molar-refractivity contribution in [1.29, 1.82) is 0 Å². The Hall–Kier alpha value is 0.783. The van der Waals surface area contributed by atoms with E-state index in [4.69, 9.17) is 0 Å². The van der Waals surface area contributed by atoms with Crippen LogP contribution in [-0.2, 0) is 32.5 Å². The van der Waals surface area contributed by atoms with E-state index in [1.807, 2.05) is 0 Å². The summed E-state index contributed by atoms with van der Waals surface area (Å²) >= 11 is -4.62. The first-order chi connectivity index (χ1) is 6.24. The normalized spacial score (nSPS) is 16.6. The Morgan fingerprint density at radius 1 is 0.615 bits per heavy atom. The van der Waals surface area contributed by atoms with E-state index in [9.17, 15) is 18.3 Å². The average Bonchev–Trinajstić information content (AvgIpc) is 2.06. The van der Waals surface area contributed by atoms with E-state index in [1.165, 1.54) is 0 Å². The molecule has 0 saturated heterocycles. The molecule has 72 valence electrons. The SMILES string of the molecule is O=P[O][Ge]([O]P=O)([O]P=O)[O]P=O. The van der Waals surface area contributed by atoms with Gasteiger partial charge in [0, 0.05) is 0 Å². The summed E-state index contributed by atoms with van der Waals surface area (Å²) in [6.07, 6.45) is 0. The van der Waals surface area contributed by atoms with Gasteiger partial charge in [0.2, 0.25) is 0 Å². The van der Waals surface area contributed by atoms with E-state index in [-0.39, 0.29) is 0 Å². The first-order valence-electron chi connectivity index (χ1n) is 2.28. The fourth-order valence-corrected chi connectivity index (χ4v) is 7.52. The van der Waals surface area contributed by atoms with Gasteiger partial charge in [0.15, 0.2) is 0 Å². The summed E-state index contributed by atoms with van der Waals surface area (Å²) in [5.41, 5.74) is 0. The second kappa shape index (κ2) is 8.12. The van der Waals surface area contributed by atoms with Crippen molar-refractivity contribution < 1.29 is 32.5 Å². The average molecular weight is 324 g/mol. The van der Waals surface area contributed by atoms with Crippen LogP contribution in [0.5, 0.6) is 0 Å². The fraction of sp³-hybridized carbons (Fsp3) is 0. The third-order valence-corrected chi connectivity index (χ3v) is 9.30. The predicted octanol–water partition coefficient (Wildman–Crippen LogP) is 2.32. The topological polar surface area (TPSA) is 105 Å². The van der Waals surface area contributed by atoms with E-state index < -0.39 is 49.4 Å². The Bertz CT molecular complexity index is 157. The van der Waals surface area contributed by atoms with Crippen LogP contribution < -0.4 is 0 Å². The van der Waals surface area contributed by atoms with Crippen LogP contribution in [0, 0.1) is 0 Å². The van der Waals surface area contributed by atoms with Crippen LogP contribution in [0.4, 0.5) is 0 Å². The second-order valence-corrected chi connectivity index (χ2v) is 9.18. The van der Waals surface area contributed by atoms with Gasteiger partial charge in [0.05, 0.1) is 0 Å². The van der Waals surface area contributed by atoms with Crippen molar-refractivity contribution in [3.05, 3.63) is 0 Å². The Kier molecular flexibility index (Phi) is 8.61. The van der Waals surface area contributed by atoms with Crippen molar-refractivity contribution in [2.24, 2.45) is 0 Å². The third kappa shape index (κ3) is 5.28. The van der Waals surface area contributed by atoms with Crippen molar-refractivity contribution >= 4 is 49.4 Å². The van der Waals surface area contributed by atoms with Crippen LogP contribution in [0.1, 0.15) is 0 Å². The summed E-state index contributed by atoms with van der Waals surface area (Å²) in [5.74, 6) is 0. The van der Waals surface area contributed by atoms with Gasteiger partial charge >= 0.3 is 81.8 Å². The molecule has 0 aromatic rings. The van der Waals surface area contributed by atoms with Crippen molar-refractivity contribution in [2.75, 3.05) is 0 Å². The molecular weight excluding hydrogens is 324 g/mol. The Balaban J connectivity index is 4.53. The maximum absolute atomic E-state index is 10.0. The monoisotopic (exact) mass is 326 g/mol. The molecule has 0 spiro atoms. The van der Waals surface area contributed by atoms with Crippen LogP contribution in [-0.4, -0.2) is 14.6 Å². The van der Waals surface area contributed by atoms with Crippen molar-refractivity contribution in [1.82, 2.24) is 0 Å². The van der Waals surface area contributed by atoms with E-state index in [1.54, 1.807) is 0 Å². The van der Waals surface area contributed by atoms with Gasteiger partial charge in [0.25, 0.3) is 0 Å². The summed E-state index contributed by atoms with van der Waals surface area (Å²) in [7, 11) is -3.55. The van der Waals surface area contributed by atoms with E-state index in [0.29, 0.717) is 0 Å². The van der Waals surface area contributed by atoms with Crippen molar-refractivity contribution in [3.63, 3.8) is 0 Å². The first kappa shape index (κ1) is 13.8. The van der Waals surface area contributed by atoms with Crippen molar-refractivity contribution in [2.45, 2.75) is 0 Å². The summed E-state index contributed by atoms with van der Waals surface area (Å²) in [6.45, 7) is 0. The quantitative estimate of drug-likeness (QED) is 0.494. The molecule has 0 aliphatic heterocycles. The fourth-order valence-electron chi connectivity index (χ4n) is 0.283. The molecule has 0 aliphatic carbocycles. The zero-order valence-corrected chi connectivity index (χ0v) is 11.2. The van der Waals surface area contributed by atoms with Crippen LogP contribution in [0.2, 0.25) is 0 Å². The Morgan fingerprint density at radius 3 is 1.00 bits per heavy atom. The summed E-state index contributed by atoms with van der Waals surface area (Å²) < 4.78 is 57.1. The molecule has 8 nitrogen and oxygen atoms in total. The summed E-state index contributed by atoms with van der Waals surface area (Å²) in [6, 6.07) is 0.